The van der Waals surface area contributed by atoms with E-state index < -0.39 is 8.25 Å². The van der Waals surface area contributed by atoms with E-state index in [0.717, 1.165) is 97.1 Å². The van der Waals surface area contributed by atoms with Gasteiger partial charge in [0.05, 0.1) is 26.4 Å². The van der Waals surface area contributed by atoms with E-state index in [-0.39, 0.29) is 0 Å². The van der Waals surface area contributed by atoms with E-state index in [9.17, 15) is 4.57 Å². The Bertz CT molecular complexity index is 2210. The molecule has 0 saturated carbocycles. The van der Waals surface area contributed by atoms with Gasteiger partial charge in [0.1, 0.15) is 11.5 Å². The third-order valence-electron chi connectivity index (χ3n) is 11.0. The van der Waals surface area contributed by atoms with Crippen molar-refractivity contribution in [3.05, 3.63) is 151 Å². The van der Waals surface area contributed by atoms with Gasteiger partial charge in [-0.25, -0.2) is 0 Å². The second-order valence-corrected chi connectivity index (χ2v) is 21.4. The smallest absolute Gasteiger partial charge is 0.319 e. The van der Waals surface area contributed by atoms with Crippen LogP contribution in [-0.2, 0) is 52.4 Å². The van der Waals surface area contributed by atoms with Crippen LogP contribution in [0.5, 0.6) is 11.5 Å². The summed E-state index contributed by atoms with van der Waals surface area (Å²) in [6.07, 6.45) is 7.09. The number of hydrogen-bond acceptors (Lipinski definition) is 9. The zero-order chi connectivity index (χ0) is 46.5. The molecule has 66 heavy (non-hydrogen) atoms. The lowest BCUT2D eigenvalue weighted by atomic mass is 10.0. The van der Waals surface area contributed by atoms with E-state index in [0.29, 0.717) is 51.4 Å². The van der Waals surface area contributed by atoms with Gasteiger partial charge in [-0.1, -0.05) is 99.4 Å². The summed E-state index contributed by atoms with van der Waals surface area (Å²) < 4.78 is 36.1. The maximum atomic E-state index is 12.4. The minimum absolute atomic E-state index is 0.373. The van der Waals surface area contributed by atoms with Crippen LogP contribution >= 0.6 is 54.1 Å². The van der Waals surface area contributed by atoms with Gasteiger partial charge in [0.15, 0.2) is 0 Å². The summed E-state index contributed by atoms with van der Waals surface area (Å²) >= 11 is 16.6. The summed E-state index contributed by atoms with van der Waals surface area (Å²) in [6.45, 7) is 13.7. The standard InChI is InChI=1S/C54H67Cl2N2O5PS2/c1-39(2)31-45-19-15-41(35-49(45)55)11-5-25-60-51-21-17-43(33-47(51)53-13-7-29-65-53)37-57-23-9-27-62-64(59)63-28-10-24-58-38-44-18-22-52(48(34-44)54-14-8-30-66-54)61-26-6-12-42-16-20-46(32-40(3)4)50(56)36-42/h7-8,13-22,29-30,33-36,39-40,57-58,64H,5-6,9-12,23-28,31-32,37-38H2,1-4H3. The lowest BCUT2D eigenvalue weighted by Gasteiger charge is -2.14. The van der Waals surface area contributed by atoms with Crippen LogP contribution in [0.15, 0.2) is 108 Å². The van der Waals surface area contributed by atoms with Crippen LogP contribution in [0.4, 0.5) is 0 Å². The first-order valence-electron chi connectivity index (χ1n) is 23.5. The molecule has 0 saturated heterocycles. The van der Waals surface area contributed by atoms with Gasteiger partial charge < -0.3 is 29.2 Å². The van der Waals surface area contributed by atoms with E-state index in [4.69, 9.17) is 41.7 Å². The summed E-state index contributed by atoms with van der Waals surface area (Å²) in [5, 5.41) is 12.9. The number of nitrogens with one attached hydrogen (secondary N) is 2. The minimum atomic E-state index is -2.55. The van der Waals surface area contributed by atoms with Crippen molar-refractivity contribution < 1.29 is 23.1 Å². The average molecular weight is 990 g/mol. The molecular formula is C54H67Cl2N2O5PS2. The molecule has 0 amide bonds. The Hall–Kier alpha value is -3.47. The maximum absolute atomic E-state index is 12.4. The molecule has 0 aliphatic heterocycles. The third kappa shape index (κ3) is 17.6. The molecule has 0 radical (unpaired) electrons. The molecule has 0 aliphatic carbocycles. The summed E-state index contributed by atoms with van der Waals surface area (Å²) in [5.74, 6) is 2.95. The Morgan fingerprint density at radius 1 is 0.545 bits per heavy atom. The van der Waals surface area contributed by atoms with Gasteiger partial charge in [-0.3, -0.25) is 4.57 Å². The molecule has 4 aromatic carbocycles. The van der Waals surface area contributed by atoms with E-state index in [1.54, 1.807) is 22.7 Å². The molecule has 2 N–H and O–H groups in total. The highest BCUT2D eigenvalue weighted by molar-refractivity contribution is 7.33. The van der Waals surface area contributed by atoms with E-state index in [1.165, 1.54) is 43.1 Å². The summed E-state index contributed by atoms with van der Waals surface area (Å²) in [6, 6.07) is 34.2. The Morgan fingerprint density at radius 2 is 0.985 bits per heavy atom. The minimum Gasteiger partial charge on any atom is -0.493 e. The first kappa shape index (κ1) is 51.9. The highest BCUT2D eigenvalue weighted by atomic mass is 35.5. The SMILES string of the molecule is CC(C)Cc1ccc(CCCOc2ccc(CNCCCO[PH](=O)OCCCNCc3ccc(OCCCc4ccc(CC(C)C)c(Cl)c4)c(-c4cccs4)c3)cc2-c2cccs2)cc1Cl. The van der Waals surface area contributed by atoms with Crippen LogP contribution in [0, 0.1) is 11.8 Å². The largest absolute Gasteiger partial charge is 0.493 e. The highest BCUT2D eigenvalue weighted by Crippen LogP contribution is 2.36. The molecule has 2 aromatic heterocycles. The van der Waals surface area contributed by atoms with Crippen LogP contribution in [0.2, 0.25) is 10.0 Å². The molecule has 2 heterocycles. The van der Waals surface area contributed by atoms with E-state index in [2.05, 4.69) is 146 Å². The predicted octanol–water partition coefficient (Wildman–Crippen LogP) is 15.0. The van der Waals surface area contributed by atoms with Crippen molar-refractivity contribution in [1.82, 2.24) is 10.6 Å². The highest BCUT2D eigenvalue weighted by Gasteiger charge is 2.13. The number of benzene rings is 4. The lowest BCUT2D eigenvalue weighted by Crippen LogP contribution is -2.16. The van der Waals surface area contributed by atoms with Crippen molar-refractivity contribution in [2.75, 3.05) is 39.5 Å². The number of hydrogen-bond donors (Lipinski definition) is 2. The van der Waals surface area contributed by atoms with Crippen molar-refractivity contribution in [3.63, 3.8) is 0 Å². The van der Waals surface area contributed by atoms with Gasteiger partial charge in [-0.05, 0) is 169 Å². The molecule has 6 rings (SSSR count). The molecule has 6 aromatic rings. The van der Waals surface area contributed by atoms with Crippen LogP contribution in [-0.4, -0.2) is 39.5 Å². The van der Waals surface area contributed by atoms with Gasteiger partial charge >= 0.3 is 8.25 Å². The quantitative estimate of drug-likeness (QED) is 0.0344. The van der Waals surface area contributed by atoms with E-state index in [1.807, 2.05) is 0 Å². The van der Waals surface area contributed by atoms with Crippen molar-refractivity contribution in [2.24, 2.45) is 11.8 Å². The Kier molecular flexibility index (Phi) is 22.1. The van der Waals surface area contributed by atoms with E-state index >= 15 is 0 Å². The second-order valence-electron chi connectivity index (χ2n) is 17.6. The van der Waals surface area contributed by atoms with Gasteiger partial charge in [-0.15, -0.1) is 22.7 Å². The van der Waals surface area contributed by atoms with Crippen molar-refractivity contribution >= 4 is 54.1 Å². The third-order valence-corrected chi connectivity index (χ3v) is 14.4. The van der Waals surface area contributed by atoms with Crippen molar-refractivity contribution in [2.45, 2.75) is 92.2 Å². The molecule has 0 unspecified atom stereocenters. The fourth-order valence-corrected chi connectivity index (χ4v) is 10.5. The lowest BCUT2D eigenvalue weighted by molar-refractivity contribution is 0.220. The number of ether oxygens (including phenoxy) is 2. The first-order chi connectivity index (χ1) is 32.1. The van der Waals surface area contributed by atoms with Crippen molar-refractivity contribution in [3.8, 4) is 32.4 Å². The Morgan fingerprint density at radius 3 is 1.38 bits per heavy atom. The number of thiophene rings is 2. The predicted molar refractivity (Wildman–Crippen MR) is 281 cm³/mol. The van der Waals surface area contributed by atoms with Crippen LogP contribution in [0.25, 0.3) is 20.9 Å². The fraction of sp³-hybridized carbons (Fsp3) is 0.407. The van der Waals surface area contributed by atoms with Gasteiger partial charge in [0.2, 0.25) is 0 Å². The number of rotatable bonds is 30. The number of aryl methyl sites for hydroxylation is 2. The van der Waals surface area contributed by atoms with Crippen LogP contribution < -0.4 is 20.1 Å². The van der Waals surface area contributed by atoms with Gasteiger partial charge in [0.25, 0.3) is 0 Å². The zero-order valence-corrected chi connectivity index (χ0v) is 43.1. The zero-order valence-electron chi connectivity index (χ0n) is 39.0. The molecule has 0 fully saturated rings. The maximum Gasteiger partial charge on any atom is 0.319 e. The van der Waals surface area contributed by atoms with Crippen LogP contribution in [0.3, 0.4) is 0 Å². The molecule has 0 spiro atoms. The molecule has 0 atom stereocenters. The summed E-state index contributed by atoms with van der Waals surface area (Å²) in [5.41, 5.74) is 9.47. The van der Waals surface area contributed by atoms with Crippen molar-refractivity contribution in [1.29, 1.82) is 0 Å². The van der Waals surface area contributed by atoms with Gasteiger partial charge in [0, 0.05) is 44.0 Å². The molecule has 7 nitrogen and oxygen atoms in total. The summed E-state index contributed by atoms with van der Waals surface area (Å²) in [4.78, 5) is 2.36. The topological polar surface area (TPSA) is 78.1 Å². The summed E-state index contributed by atoms with van der Waals surface area (Å²) in [7, 11) is -2.55. The van der Waals surface area contributed by atoms with Crippen LogP contribution in [0.1, 0.15) is 86.8 Å². The average Bonchev–Trinajstić information content (AvgIpc) is 4.05. The molecule has 354 valence electrons. The molecule has 12 heteroatoms. The fourth-order valence-electron chi connectivity index (χ4n) is 7.71. The Labute approximate surface area is 412 Å². The number of halogens is 2. The van der Waals surface area contributed by atoms with Gasteiger partial charge in [-0.2, -0.15) is 0 Å². The normalized spacial score (nSPS) is 11.7. The molecule has 0 aliphatic rings. The monoisotopic (exact) mass is 988 g/mol. The Balaban J connectivity index is 0.831. The second kappa shape index (κ2) is 28.1. The molecule has 0 bridgehead atoms. The molecular weight excluding hydrogens is 923 g/mol. The first-order valence-corrected chi connectivity index (χ1v) is 27.2.